The van der Waals surface area contributed by atoms with Gasteiger partial charge in [-0.15, -0.1) is 0 Å². The zero-order chi connectivity index (χ0) is 18.8. The minimum atomic E-state index is -1.29. The summed E-state index contributed by atoms with van der Waals surface area (Å²) in [6.45, 7) is 0. The van der Waals surface area contributed by atoms with E-state index in [2.05, 4.69) is 9.98 Å². The van der Waals surface area contributed by atoms with Gasteiger partial charge in [0, 0.05) is 18.0 Å². The predicted octanol–water partition coefficient (Wildman–Crippen LogP) is 2.32. The van der Waals surface area contributed by atoms with Gasteiger partial charge in [-0.25, -0.2) is 0 Å². The fourth-order valence-electron chi connectivity index (χ4n) is 2.64. The fourth-order valence-corrected chi connectivity index (χ4v) is 2.64. The smallest absolute Gasteiger partial charge is 0.224 e. The molecule has 0 bridgehead atoms. The van der Waals surface area contributed by atoms with Gasteiger partial charge in [0.1, 0.15) is 0 Å². The second-order valence-corrected chi connectivity index (χ2v) is 6.12. The van der Waals surface area contributed by atoms with Crippen molar-refractivity contribution in [2.24, 2.45) is 21.6 Å². The van der Waals surface area contributed by atoms with E-state index >= 15 is 0 Å². The van der Waals surface area contributed by atoms with Crippen molar-refractivity contribution in [3.63, 3.8) is 0 Å². The maximum Gasteiger partial charge on any atom is 0.224 e. The Morgan fingerprint density at radius 2 is 1.92 bits per heavy atom. The maximum atomic E-state index is 11.5. The van der Waals surface area contributed by atoms with E-state index in [1.54, 1.807) is 18.5 Å². The number of aliphatic hydroxyl groups excluding tert-OH is 1. The number of amides is 1. The number of aliphatic hydroxyl groups is 2. The van der Waals surface area contributed by atoms with Crippen LogP contribution in [0.4, 0.5) is 0 Å². The summed E-state index contributed by atoms with van der Waals surface area (Å²) >= 11 is 0. The molecule has 0 aliphatic carbocycles. The number of carbonyl (C=O) groups is 1. The summed E-state index contributed by atoms with van der Waals surface area (Å²) in [4.78, 5) is 20.6. The summed E-state index contributed by atoms with van der Waals surface area (Å²) in [6.07, 6.45) is 8.41. The van der Waals surface area contributed by atoms with E-state index in [-0.39, 0.29) is 0 Å². The van der Waals surface area contributed by atoms with Crippen LogP contribution in [-0.2, 0) is 4.79 Å². The summed E-state index contributed by atoms with van der Waals surface area (Å²) in [5.74, 6) is -0.804. The van der Waals surface area contributed by atoms with Crippen LogP contribution in [0.5, 0.6) is 0 Å². The standard InChI is InChI=1S/C20H25N3O3/c21-20(26)16-9-6-13-23-19(15-7-2-1-3-8-15)17(22-14-12-16)10-4-5-11-18(24)25/h1-3,6-8,12-14,16,18,24-25H,4-5,9-11H2,(H2,21,26)/b13-6+,14-12+,22-17?,23-19?. The highest BCUT2D eigenvalue weighted by molar-refractivity contribution is 6.48. The minimum Gasteiger partial charge on any atom is -0.369 e. The first kappa shape index (κ1) is 19.8. The molecule has 1 atom stereocenters. The van der Waals surface area contributed by atoms with Crippen molar-refractivity contribution in [2.75, 3.05) is 0 Å². The average Bonchev–Trinajstić information content (AvgIpc) is 2.63. The van der Waals surface area contributed by atoms with E-state index in [1.165, 1.54) is 0 Å². The van der Waals surface area contributed by atoms with Crippen molar-refractivity contribution >= 4 is 17.3 Å². The van der Waals surface area contributed by atoms with Gasteiger partial charge in [0.2, 0.25) is 5.91 Å². The Kier molecular flexibility index (Phi) is 7.92. The fraction of sp³-hybridized carbons (Fsp3) is 0.350. The van der Waals surface area contributed by atoms with Crippen LogP contribution in [0.2, 0.25) is 0 Å². The number of carbonyl (C=O) groups excluding carboxylic acids is 1. The number of hydrogen-bond acceptors (Lipinski definition) is 5. The molecule has 1 aliphatic heterocycles. The molecule has 1 aliphatic rings. The first-order valence-corrected chi connectivity index (χ1v) is 8.75. The van der Waals surface area contributed by atoms with Gasteiger partial charge in [-0.2, -0.15) is 0 Å². The second kappa shape index (κ2) is 10.4. The summed E-state index contributed by atoms with van der Waals surface area (Å²) in [5, 5.41) is 18.0. The Morgan fingerprint density at radius 3 is 2.62 bits per heavy atom. The van der Waals surface area contributed by atoms with Crippen LogP contribution in [0, 0.1) is 5.92 Å². The van der Waals surface area contributed by atoms with Crippen molar-refractivity contribution < 1.29 is 15.0 Å². The van der Waals surface area contributed by atoms with Crippen LogP contribution < -0.4 is 5.73 Å². The summed E-state index contributed by atoms with van der Waals surface area (Å²) in [6, 6.07) is 9.78. The highest BCUT2D eigenvalue weighted by Crippen LogP contribution is 2.13. The Hall–Kier alpha value is -2.57. The zero-order valence-corrected chi connectivity index (χ0v) is 14.7. The zero-order valence-electron chi connectivity index (χ0n) is 14.7. The molecule has 6 nitrogen and oxygen atoms in total. The lowest BCUT2D eigenvalue weighted by Gasteiger charge is -2.11. The van der Waals surface area contributed by atoms with Crippen molar-refractivity contribution in [1.82, 2.24) is 0 Å². The lowest BCUT2D eigenvalue weighted by molar-refractivity contribution is -0.120. The van der Waals surface area contributed by atoms with Gasteiger partial charge in [0.05, 0.1) is 17.3 Å². The van der Waals surface area contributed by atoms with Gasteiger partial charge >= 0.3 is 0 Å². The second-order valence-electron chi connectivity index (χ2n) is 6.12. The molecule has 0 fully saturated rings. The van der Waals surface area contributed by atoms with Crippen LogP contribution in [0.15, 0.2) is 64.9 Å². The van der Waals surface area contributed by atoms with E-state index < -0.39 is 18.1 Å². The van der Waals surface area contributed by atoms with Gasteiger partial charge in [-0.05, 0) is 32.1 Å². The van der Waals surface area contributed by atoms with Crippen LogP contribution in [-0.4, -0.2) is 33.8 Å². The number of nitrogens with two attached hydrogens (primary N) is 1. The third kappa shape index (κ3) is 6.38. The van der Waals surface area contributed by atoms with Crippen molar-refractivity contribution in [3.05, 3.63) is 60.4 Å². The monoisotopic (exact) mass is 355 g/mol. The maximum absolute atomic E-state index is 11.5. The van der Waals surface area contributed by atoms with Crippen LogP contribution in [0.3, 0.4) is 0 Å². The van der Waals surface area contributed by atoms with Crippen LogP contribution in [0.1, 0.15) is 37.7 Å². The van der Waals surface area contributed by atoms with Crippen molar-refractivity contribution in [1.29, 1.82) is 0 Å². The molecule has 1 aromatic rings. The van der Waals surface area contributed by atoms with Crippen molar-refractivity contribution in [3.8, 4) is 0 Å². The number of allylic oxidation sites excluding steroid dienone is 1. The molecule has 2 rings (SSSR count). The number of benzene rings is 1. The highest BCUT2D eigenvalue weighted by Gasteiger charge is 2.14. The number of unbranched alkanes of at least 4 members (excludes halogenated alkanes) is 1. The molecule has 0 saturated heterocycles. The topological polar surface area (TPSA) is 108 Å². The molecular formula is C20H25N3O3. The molecule has 138 valence electrons. The molecule has 1 amide bonds. The lowest BCUT2D eigenvalue weighted by Crippen LogP contribution is -2.21. The normalized spacial score (nSPS) is 20.2. The van der Waals surface area contributed by atoms with E-state index in [1.807, 2.05) is 36.4 Å². The Bertz CT molecular complexity index is 706. The van der Waals surface area contributed by atoms with E-state index in [9.17, 15) is 4.79 Å². The Labute approximate surface area is 153 Å². The molecule has 26 heavy (non-hydrogen) atoms. The molecule has 0 aromatic heterocycles. The van der Waals surface area contributed by atoms with Crippen molar-refractivity contribution in [2.45, 2.75) is 38.4 Å². The van der Waals surface area contributed by atoms with Crippen LogP contribution >= 0.6 is 0 Å². The molecule has 0 saturated carbocycles. The molecule has 1 heterocycles. The summed E-state index contributed by atoms with van der Waals surface area (Å²) in [5.41, 5.74) is 7.92. The van der Waals surface area contributed by atoms with E-state index in [0.717, 1.165) is 23.4 Å². The van der Waals surface area contributed by atoms with Gasteiger partial charge in [-0.1, -0.05) is 42.5 Å². The highest BCUT2D eigenvalue weighted by atomic mass is 16.5. The summed E-state index contributed by atoms with van der Waals surface area (Å²) in [7, 11) is 0. The minimum absolute atomic E-state index is 0.324. The molecule has 1 unspecified atom stereocenters. The first-order chi connectivity index (χ1) is 12.6. The van der Waals surface area contributed by atoms with Crippen LogP contribution in [0.25, 0.3) is 0 Å². The molecule has 4 N–H and O–H groups in total. The molecular weight excluding hydrogens is 330 g/mol. The molecule has 1 aromatic carbocycles. The Balaban J connectivity index is 2.27. The predicted molar refractivity (Wildman–Crippen MR) is 103 cm³/mol. The van der Waals surface area contributed by atoms with Gasteiger partial charge in [-0.3, -0.25) is 14.8 Å². The number of rotatable bonds is 7. The molecule has 0 spiro atoms. The largest absolute Gasteiger partial charge is 0.369 e. The third-order valence-corrected chi connectivity index (χ3v) is 4.06. The van der Waals surface area contributed by atoms with Gasteiger partial charge in [0.25, 0.3) is 0 Å². The summed E-state index contributed by atoms with van der Waals surface area (Å²) < 4.78 is 0. The Morgan fingerprint density at radius 1 is 1.15 bits per heavy atom. The van der Waals surface area contributed by atoms with Gasteiger partial charge < -0.3 is 15.9 Å². The molecule has 0 radical (unpaired) electrons. The number of hydrogen-bond donors (Lipinski definition) is 3. The average molecular weight is 355 g/mol. The number of nitrogens with zero attached hydrogens (tertiary/aromatic N) is 2. The third-order valence-electron chi connectivity index (χ3n) is 4.06. The quantitative estimate of drug-likeness (QED) is 0.516. The van der Waals surface area contributed by atoms with Gasteiger partial charge in [0.15, 0.2) is 6.29 Å². The number of aliphatic imine (C=N–C) groups is 2. The first-order valence-electron chi connectivity index (χ1n) is 8.75. The van der Waals surface area contributed by atoms with E-state index in [4.69, 9.17) is 15.9 Å². The number of primary amides is 1. The lowest BCUT2D eigenvalue weighted by atomic mass is 10.00. The SMILES string of the molecule is NC(=O)C1/C=C/N=C(CCCCC(O)O)C(c2ccccc2)=N/C=C/C1. The molecule has 6 heteroatoms. The van der Waals surface area contributed by atoms with E-state index in [0.29, 0.717) is 25.7 Å².